The van der Waals surface area contributed by atoms with Crippen LogP contribution in [0.5, 0.6) is 0 Å². The lowest BCUT2D eigenvalue weighted by molar-refractivity contribution is 0.594. The van der Waals surface area contributed by atoms with Gasteiger partial charge in [-0.15, -0.1) is 0 Å². The van der Waals surface area contributed by atoms with Crippen molar-refractivity contribution in [1.82, 2.24) is 0 Å². The Bertz CT molecular complexity index is 519. The lowest BCUT2D eigenvalue weighted by Crippen LogP contribution is -2.17. The largest absolute Gasteiger partial charge is 0.393 e. The van der Waals surface area contributed by atoms with E-state index in [1.807, 2.05) is 6.92 Å². The average Bonchev–Trinajstić information content (AvgIpc) is 2.98. The van der Waals surface area contributed by atoms with Gasteiger partial charge in [-0.1, -0.05) is 29.9 Å². The number of thiocarbonyl (C=S) groups is 1. The van der Waals surface area contributed by atoms with E-state index in [4.69, 9.17) is 18.0 Å². The SMILES string of the molecule is Cc1ccc(S(=O)(=O)[C@H]2C[C@H]2C(N)=S)cc1. The highest BCUT2D eigenvalue weighted by atomic mass is 32.2. The molecular formula is C11H13NO2S2. The topological polar surface area (TPSA) is 60.2 Å². The van der Waals surface area contributed by atoms with Gasteiger partial charge in [0.2, 0.25) is 0 Å². The van der Waals surface area contributed by atoms with Crippen molar-refractivity contribution in [1.29, 1.82) is 0 Å². The maximum atomic E-state index is 12.1. The van der Waals surface area contributed by atoms with Crippen LogP contribution < -0.4 is 5.73 Å². The summed E-state index contributed by atoms with van der Waals surface area (Å²) in [5.41, 5.74) is 6.50. The molecule has 1 aliphatic carbocycles. The van der Waals surface area contributed by atoms with E-state index in [9.17, 15) is 8.42 Å². The summed E-state index contributed by atoms with van der Waals surface area (Å²) in [6.07, 6.45) is 0.561. The monoisotopic (exact) mass is 255 g/mol. The van der Waals surface area contributed by atoms with Crippen molar-refractivity contribution >= 4 is 27.0 Å². The summed E-state index contributed by atoms with van der Waals surface area (Å²) in [4.78, 5) is 0.669. The third-order valence-corrected chi connectivity index (χ3v) is 5.40. The van der Waals surface area contributed by atoms with Gasteiger partial charge in [-0.3, -0.25) is 0 Å². The van der Waals surface area contributed by atoms with Crippen molar-refractivity contribution in [3.63, 3.8) is 0 Å². The van der Waals surface area contributed by atoms with Gasteiger partial charge < -0.3 is 5.73 Å². The van der Waals surface area contributed by atoms with Crippen molar-refractivity contribution in [2.45, 2.75) is 23.5 Å². The Balaban J connectivity index is 2.28. The summed E-state index contributed by atoms with van der Waals surface area (Å²) in [5.74, 6) is -0.138. The van der Waals surface area contributed by atoms with E-state index in [-0.39, 0.29) is 5.92 Å². The second-order valence-electron chi connectivity index (χ2n) is 4.14. The number of hydrogen-bond acceptors (Lipinski definition) is 3. The molecule has 0 radical (unpaired) electrons. The lowest BCUT2D eigenvalue weighted by atomic mass is 10.2. The van der Waals surface area contributed by atoms with Gasteiger partial charge in [0.1, 0.15) is 0 Å². The smallest absolute Gasteiger partial charge is 0.181 e. The van der Waals surface area contributed by atoms with E-state index in [2.05, 4.69) is 0 Å². The number of sulfone groups is 1. The highest BCUT2D eigenvalue weighted by Crippen LogP contribution is 2.40. The fourth-order valence-corrected chi connectivity index (χ4v) is 3.97. The standard InChI is InChI=1S/C11H13NO2S2/c1-7-2-4-8(5-3-7)16(13,14)10-6-9(10)11(12)15/h2-5,9-10H,6H2,1H3,(H2,12,15)/t9-,10+/m1/s1. The van der Waals surface area contributed by atoms with Gasteiger partial charge in [0, 0.05) is 5.92 Å². The van der Waals surface area contributed by atoms with Gasteiger partial charge >= 0.3 is 0 Å². The molecule has 2 rings (SSSR count). The van der Waals surface area contributed by atoms with Gasteiger partial charge in [0.15, 0.2) is 9.84 Å². The number of hydrogen-bond donors (Lipinski definition) is 1. The molecule has 0 bridgehead atoms. The second kappa shape index (κ2) is 3.82. The van der Waals surface area contributed by atoms with Crippen LogP contribution in [-0.4, -0.2) is 18.7 Å². The predicted octanol–water partition coefficient (Wildman–Crippen LogP) is 1.44. The molecule has 1 saturated carbocycles. The predicted molar refractivity (Wildman–Crippen MR) is 67.0 cm³/mol. The number of benzene rings is 1. The van der Waals surface area contributed by atoms with Gasteiger partial charge in [-0.2, -0.15) is 0 Å². The molecule has 2 atom stereocenters. The van der Waals surface area contributed by atoms with Crippen LogP contribution in [0.25, 0.3) is 0 Å². The maximum absolute atomic E-state index is 12.1. The van der Waals surface area contributed by atoms with Gasteiger partial charge in [-0.05, 0) is 25.5 Å². The van der Waals surface area contributed by atoms with Crippen LogP contribution in [0.3, 0.4) is 0 Å². The molecule has 2 N–H and O–H groups in total. The molecule has 0 spiro atoms. The van der Waals surface area contributed by atoms with Crippen molar-refractivity contribution < 1.29 is 8.42 Å². The summed E-state index contributed by atoms with van der Waals surface area (Å²) in [5, 5.41) is -0.410. The van der Waals surface area contributed by atoms with Crippen molar-refractivity contribution in [3.05, 3.63) is 29.8 Å². The van der Waals surface area contributed by atoms with Crippen LogP contribution in [0.2, 0.25) is 0 Å². The molecular weight excluding hydrogens is 242 g/mol. The molecule has 0 unspecified atom stereocenters. The molecule has 86 valence electrons. The molecule has 0 aromatic heterocycles. The Morgan fingerprint density at radius 3 is 2.38 bits per heavy atom. The van der Waals surface area contributed by atoms with Crippen molar-refractivity contribution in [2.24, 2.45) is 11.7 Å². The van der Waals surface area contributed by atoms with Gasteiger partial charge in [0.25, 0.3) is 0 Å². The first-order chi connectivity index (χ1) is 7.43. The minimum atomic E-state index is -3.24. The Kier molecular flexibility index (Phi) is 2.75. The normalized spacial score (nSPS) is 24.1. The zero-order valence-electron chi connectivity index (χ0n) is 8.88. The van der Waals surface area contributed by atoms with E-state index in [0.29, 0.717) is 16.3 Å². The van der Waals surface area contributed by atoms with E-state index < -0.39 is 15.1 Å². The fourth-order valence-electron chi connectivity index (χ4n) is 1.72. The Morgan fingerprint density at radius 2 is 1.94 bits per heavy atom. The molecule has 0 aliphatic heterocycles. The Morgan fingerprint density at radius 1 is 1.38 bits per heavy atom. The molecule has 0 heterocycles. The third-order valence-electron chi connectivity index (χ3n) is 2.85. The van der Waals surface area contributed by atoms with Crippen LogP contribution in [0, 0.1) is 12.8 Å². The molecule has 1 aromatic carbocycles. The summed E-state index contributed by atoms with van der Waals surface area (Å²) >= 11 is 4.81. The van der Waals surface area contributed by atoms with Crippen LogP contribution in [0.15, 0.2) is 29.2 Å². The number of aryl methyl sites for hydroxylation is 1. The van der Waals surface area contributed by atoms with Crippen LogP contribution in [0.1, 0.15) is 12.0 Å². The molecule has 1 aliphatic rings. The Labute approximate surface area is 101 Å². The quantitative estimate of drug-likeness (QED) is 0.830. The van der Waals surface area contributed by atoms with Crippen LogP contribution in [0.4, 0.5) is 0 Å². The molecule has 0 amide bonds. The molecule has 1 fully saturated rings. The van der Waals surface area contributed by atoms with Gasteiger partial charge in [0.05, 0.1) is 15.1 Å². The second-order valence-corrected chi connectivity index (χ2v) is 6.78. The first kappa shape index (κ1) is 11.5. The lowest BCUT2D eigenvalue weighted by Gasteiger charge is -2.03. The summed E-state index contributed by atoms with van der Waals surface area (Å²) in [7, 11) is -3.24. The molecule has 1 aromatic rings. The zero-order valence-corrected chi connectivity index (χ0v) is 10.5. The van der Waals surface area contributed by atoms with Crippen LogP contribution in [-0.2, 0) is 9.84 Å². The minimum absolute atomic E-state index is 0.138. The number of nitrogens with two attached hydrogens (primary N) is 1. The number of rotatable bonds is 3. The Hall–Kier alpha value is -0.940. The van der Waals surface area contributed by atoms with Gasteiger partial charge in [-0.25, -0.2) is 8.42 Å². The minimum Gasteiger partial charge on any atom is -0.393 e. The summed E-state index contributed by atoms with van der Waals surface area (Å²) < 4.78 is 24.2. The van der Waals surface area contributed by atoms with E-state index in [0.717, 1.165) is 5.56 Å². The summed E-state index contributed by atoms with van der Waals surface area (Å²) in [6.45, 7) is 1.92. The molecule has 0 saturated heterocycles. The van der Waals surface area contributed by atoms with Crippen molar-refractivity contribution in [3.8, 4) is 0 Å². The average molecular weight is 255 g/mol. The highest BCUT2D eigenvalue weighted by molar-refractivity contribution is 7.92. The van der Waals surface area contributed by atoms with Crippen molar-refractivity contribution in [2.75, 3.05) is 0 Å². The van der Waals surface area contributed by atoms with Crippen LogP contribution >= 0.6 is 12.2 Å². The maximum Gasteiger partial charge on any atom is 0.181 e. The summed E-state index contributed by atoms with van der Waals surface area (Å²) in [6, 6.07) is 6.87. The van der Waals surface area contributed by atoms with E-state index in [1.165, 1.54) is 0 Å². The first-order valence-corrected chi connectivity index (χ1v) is 6.98. The van der Waals surface area contributed by atoms with E-state index in [1.54, 1.807) is 24.3 Å². The molecule has 3 nitrogen and oxygen atoms in total. The molecule has 5 heteroatoms. The third kappa shape index (κ3) is 1.97. The molecule has 16 heavy (non-hydrogen) atoms. The fraction of sp³-hybridized carbons (Fsp3) is 0.364. The van der Waals surface area contributed by atoms with E-state index >= 15 is 0 Å². The first-order valence-electron chi connectivity index (χ1n) is 5.03. The zero-order chi connectivity index (χ0) is 11.9. The highest BCUT2D eigenvalue weighted by Gasteiger charge is 2.49.